The van der Waals surface area contributed by atoms with Crippen LogP contribution in [-0.2, 0) is 18.3 Å². The van der Waals surface area contributed by atoms with Gasteiger partial charge in [-0.3, -0.25) is 9.48 Å². The Bertz CT molecular complexity index is 766. The lowest BCUT2D eigenvalue weighted by molar-refractivity contribution is -0.132. The number of amides is 1. The molecule has 1 aliphatic heterocycles. The van der Waals surface area contributed by atoms with Gasteiger partial charge in [0.05, 0.1) is 18.8 Å². The molecule has 0 saturated carbocycles. The van der Waals surface area contributed by atoms with Gasteiger partial charge in [-0.15, -0.1) is 0 Å². The molecule has 1 aromatic carbocycles. The first-order chi connectivity index (χ1) is 12.0. The summed E-state index contributed by atoms with van der Waals surface area (Å²) < 4.78 is 7.18. The summed E-state index contributed by atoms with van der Waals surface area (Å²) in [6, 6.07) is 8.12. The Hall–Kier alpha value is -2.30. The SMILES string of the molecule is COc1cccc(CCC(=O)N2CCC[C@@H]2c2c(C)nn(C)c2C)c1. The summed E-state index contributed by atoms with van der Waals surface area (Å²) >= 11 is 0. The van der Waals surface area contributed by atoms with Crippen molar-refractivity contribution in [3.8, 4) is 5.75 Å². The number of rotatable bonds is 5. The molecule has 1 amide bonds. The van der Waals surface area contributed by atoms with Crippen molar-refractivity contribution in [3.63, 3.8) is 0 Å². The molecule has 25 heavy (non-hydrogen) atoms. The minimum absolute atomic E-state index is 0.173. The number of benzene rings is 1. The van der Waals surface area contributed by atoms with Gasteiger partial charge >= 0.3 is 0 Å². The smallest absolute Gasteiger partial charge is 0.223 e. The van der Waals surface area contributed by atoms with Crippen molar-refractivity contribution in [1.29, 1.82) is 0 Å². The van der Waals surface area contributed by atoms with Crippen LogP contribution in [-0.4, -0.2) is 34.2 Å². The van der Waals surface area contributed by atoms with E-state index in [1.807, 2.05) is 42.9 Å². The van der Waals surface area contributed by atoms with E-state index in [9.17, 15) is 4.79 Å². The molecule has 1 fully saturated rings. The van der Waals surface area contributed by atoms with Gasteiger partial charge in [0.15, 0.2) is 0 Å². The third kappa shape index (κ3) is 3.55. The first-order valence-electron chi connectivity index (χ1n) is 8.93. The summed E-state index contributed by atoms with van der Waals surface area (Å²) in [5.41, 5.74) is 4.57. The lowest BCUT2D eigenvalue weighted by atomic mass is 10.0. The number of aromatic nitrogens is 2. The maximum Gasteiger partial charge on any atom is 0.223 e. The van der Waals surface area contributed by atoms with Crippen molar-refractivity contribution < 1.29 is 9.53 Å². The monoisotopic (exact) mass is 341 g/mol. The fraction of sp³-hybridized carbons (Fsp3) is 0.500. The van der Waals surface area contributed by atoms with Crippen molar-refractivity contribution in [2.75, 3.05) is 13.7 Å². The number of carbonyl (C=O) groups is 1. The van der Waals surface area contributed by atoms with Crippen LogP contribution in [0.1, 0.15) is 47.8 Å². The molecule has 0 radical (unpaired) electrons. The minimum atomic E-state index is 0.173. The van der Waals surface area contributed by atoms with Gasteiger partial charge in [0.1, 0.15) is 5.75 Å². The van der Waals surface area contributed by atoms with Crippen LogP contribution in [0.4, 0.5) is 0 Å². The van der Waals surface area contributed by atoms with Gasteiger partial charge < -0.3 is 9.64 Å². The van der Waals surface area contributed by atoms with E-state index in [0.29, 0.717) is 6.42 Å². The van der Waals surface area contributed by atoms with Crippen LogP contribution in [0.2, 0.25) is 0 Å². The molecule has 1 aromatic heterocycles. The number of hydrogen-bond acceptors (Lipinski definition) is 3. The molecule has 5 heteroatoms. The Kier molecular flexibility index (Phi) is 5.11. The van der Waals surface area contributed by atoms with Gasteiger partial charge in [0, 0.05) is 31.3 Å². The molecule has 3 rings (SSSR count). The average Bonchev–Trinajstić information content (AvgIpc) is 3.17. The normalized spacial score (nSPS) is 17.1. The van der Waals surface area contributed by atoms with E-state index in [0.717, 1.165) is 48.5 Å². The Morgan fingerprint density at radius 2 is 2.16 bits per heavy atom. The predicted octanol–water partition coefficient (Wildman–Crippen LogP) is 3.34. The van der Waals surface area contributed by atoms with E-state index in [4.69, 9.17) is 4.74 Å². The molecule has 2 heterocycles. The number of likely N-dealkylation sites (tertiary alicyclic amines) is 1. The van der Waals surface area contributed by atoms with Crippen molar-refractivity contribution in [1.82, 2.24) is 14.7 Å². The van der Waals surface area contributed by atoms with Gasteiger partial charge in [0.25, 0.3) is 0 Å². The lowest BCUT2D eigenvalue weighted by Crippen LogP contribution is -2.31. The first-order valence-corrected chi connectivity index (χ1v) is 8.93. The van der Waals surface area contributed by atoms with Crippen LogP contribution in [0.5, 0.6) is 5.75 Å². The second-order valence-electron chi connectivity index (χ2n) is 6.80. The highest BCUT2D eigenvalue weighted by Gasteiger charge is 2.33. The highest BCUT2D eigenvalue weighted by Crippen LogP contribution is 2.35. The Morgan fingerprint density at radius 3 is 2.84 bits per heavy atom. The van der Waals surface area contributed by atoms with E-state index < -0.39 is 0 Å². The number of methoxy groups -OCH3 is 1. The molecule has 2 aromatic rings. The molecule has 1 saturated heterocycles. The van der Waals surface area contributed by atoms with Gasteiger partial charge in [-0.1, -0.05) is 12.1 Å². The largest absolute Gasteiger partial charge is 0.497 e. The highest BCUT2D eigenvalue weighted by molar-refractivity contribution is 5.77. The molecular formula is C20H27N3O2. The molecular weight excluding hydrogens is 314 g/mol. The summed E-state index contributed by atoms with van der Waals surface area (Å²) in [7, 11) is 3.63. The van der Waals surface area contributed by atoms with E-state index in [2.05, 4.69) is 16.9 Å². The van der Waals surface area contributed by atoms with Crippen LogP contribution in [0, 0.1) is 13.8 Å². The summed E-state index contributed by atoms with van der Waals surface area (Å²) in [6.45, 7) is 4.97. The van der Waals surface area contributed by atoms with Crippen LogP contribution in [0.25, 0.3) is 0 Å². The van der Waals surface area contributed by atoms with Gasteiger partial charge in [0.2, 0.25) is 5.91 Å². The quantitative estimate of drug-likeness (QED) is 0.838. The Morgan fingerprint density at radius 1 is 1.36 bits per heavy atom. The van der Waals surface area contributed by atoms with Gasteiger partial charge in [-0.2, -0.15) is 5.10 Å². The minimum Gasteiger partial charge on any atom is -0.497 e. The maximum atomic E-state index is 12.9. The van der Waals surface area contributed by atoms with Crippen molar-refractivity contribution in [2.45, 2.75) is 45.6 Å². The third-order valence-electron chi connectivity index (χ3n) is 5.23. The summed E-state index contributed by atoms with van der Waals surface area (Å²) in [4.78, 5) is 14.9. The van der Waals surface area contributed by atoms with Crippen molar-refractivity contribution in [2.24, 2.45) is 7.05 Å². The molecule has 0 N–H and O–H groups in total. The predicted molar refractivity (Wildman–Crippen MR) is 97.7 cm³/mol. The van der Waals surface area contributed by atoms with E-state index >= 15 is 0 Å². The van der Waals surface area contributed by atoms with Crippen molar-refractivity contribution >= 4 is 5.91 Å². The lowest BCUT2D eigenvalue weighted by Gasteiger charge is -2.25. The van der Waals surface area contributed by atoms with E-state index in [1.165, 1.54) is 5.56 Å². The number of ether oxygens (including phenoxy) is 1. The van der Waals surface area contributed by atoms with Crippen LogP contribution in [0.15, 0.2) is 24.3 Å². The van der Waals surface area contributed by atoms with E-state index in [1.54, 1.807) is 7.11 Å². The number of nitrogens with zero attached hydrogens (tertiary/aromatic N) is 3. The fourth-order valence-corrected chi connectivity index (χ4v) is 3.86. The molecule has 134 valence electrons. The molecule has 0 bridgehead atoms. The summed E-state index contributed by atoms with van der Waals surface area (Å²) in [5.74, 6) is 1.07. The fourth-order valence-electron chi connectivity index (χ4n) is 3.86. The topological polar surface area (TPSA) is 47.4 Å². The second-order valence-corrected chi connectivity index (χ2v) is 6.80. The zero-order chi connectivity index (χ0) is 18.0. The molecule has 0 spiro atoms. The van der Waals surface area contributed by atoms with Crippen LogP contribution < -0.4 is 4.74 Å². The molecule has 0 aliphatic carbocycles. The van der Waals surface area contributed by atoms with Crippen LogP contribution >= 0.6 is 0 Å². The molecule has 5 nitrogen and oxygen atoms in total. The Balaban J connectivity index is 1.70. The van der Waals surface area contributed by atoms with Gasteiger partial charge in [-0.05, 0) is 50.8 Å². The second kappa shape index (κ2) is 7.30. The maximum absolute atomic E-state index is 12.9. The summed E-state index contributed by atoms with van der Waals surface area (Å²) in [6.07, 6.45) is 3.36. The molecule has 0 unspecified atom stereocenters. The third-order valence-corrected chi connectivity index (χ3v) is 5.23. The Labute approximate surface area is 149 Å². The van der Waals surface area contributed by atoms with Gasteiger partial charge in [-0.25, -0.2) is 0 Å². The molecule has 1 aliphatic rings. The first kappa shape index (κ1) is 17.5. The summed E-state index contributed by atoms with van der Waals surface area (Å²) in [5, 5.41) is 4.53. The molecule has 1 atom stereocenters. The number of carbonyl (C=O) groups excluding carboxylic acids is 1. The van der Waals surface area contributed by atoms with Crippen LogP contribution in [0.3, 0.4) is 0 Å². The average molecular weight is 341 g/mol. The van der Waals surface area contributed by atoms with E-state index in [-0.39, 0.29) is 11.9 Å². The number of hydrogen-bond donors (Lipinski definition) is 0. The van der Waals surface area contributed by atoms with Crippen molar-refractivity contribution in [3.05, 3.63) is 46.8 Å². The number of aryl methyl sites for hydroxylation is 3. The zero-order valence-electron chi connectivity index (χ0n) is 15.6. The standard InChI is InChI=1S/C20H27N3O2/c1-14-20(15(2)22(3)21-14)18-9-6-12-23(18)19(24)11-10-16-7-5-8-17(13-16)25-4/h5,7-8,13,18H,6,9-12H2,1-4H3/t18-/m1/s1. The highest BCUT2D eigenvalue weighted by atomic mass is 16.5. The zero-order valence-corrected chi connectivity index (χ0v) is 15.6.